The molecule has 0 spiro atoms. The molecule has 1 aromatic carbocycles. The Bertz CT molecular complexity index is 660. The fourth-order valence-electron chi connectivity index (χ4n) is 1.67. The summed E-state index contributed by atoms with van der Waals surface area (Å²) < 4.78 is 1.04. The predicted octanol–water partition coefficient (Wildman–Crippen LogP) is 1.16. The number of H-pyrrole nitrogens is 1. The highest BCUT2D eigenvalue weighted by Crippen LogP contribution is 2.17. The number of carbonyl (C=O) groups is 1. The van der Waals surface area contributed by atoms with Crippen LogP contribution in [0.1, 0.15) is 16.1 Å². The number of imidazole rings is 1. The molecule has 1 heterocycles. The number of halogens is 1. The van der Waals surface area contributed by atoms with Gasteiger partial charge in [-0.05, 0) is 11.6 Å². The largest absolute Gasteiger partial charge is 0.476 e. The van der Waals surface area contributed by atoms with Crippen molar-refractivity contribution in [2.45, 2.75) is 6.54 Å². The van der Waals surface area contributed by atoms with E-state index in [1.807, 2.05) is 0 Å². The number of aromatic nitrogens is 2. The Balaban J connectivity index is 2.50. The fraction of sp³-hybridized carbons (Fsp3) is 0.0909. The van der Waals surface area contributed by atoms with Crippen LogP contribution < -0.4 is 11.4 Å². The first-order valence-electron chi connectivity index (χ1n) is 5.05. The smallest absolute Gasteiger partial charge is 0.356 e. The molecular weight excluding hydrogens is 258 g/mol. The van der Waals surface area contributed by atoms with E-state index >= 15 is 0 Å². The Morgan fingerprint density at radius 3 is 2.72 bits per heavy atom. The second-order valence-corrected chi connectivity index (χ2v) is 4.08. The highest BCUT2D eigenvalue weighted by Gasteiger charge is 2.19. The summed E-state index contributed by atoms with van der Waals surface area (Å²) in [6.07, 6.45) is 0. The van der Waals surface area contributed by atoms with Crippen LogP contribution in [0.4, 0.5) is 5.82 Å². The lowest BCUT2D eigenvalue weighted by molar-refractivity contribution is 0.0686. The van der Waals surface area contributed by atoms with E-state index < -0.39 is 11.7 Å². The minimum Gasteiger partial charge on any atom is -0.476 e. The quantitative estimate of drug-likeness (QED) is 0.777. The average molecular weight is 268 g/mol. The summed E-state index contributed by atoms with van der Waals surface area (Å²) in [6.45, 7) is 0.0494. The average Bonchev–Trinajstić information content (AvgIpc) is 2.57. The van der Waals surface area contributed by atoms with Crippen LogP contribution in [0.3, 0.4) is 0 Å². The van der Waals surface area contributed by atoms with E-state index in [9.17, 15) is 9.59 Å². The number of rotatable bonds is 3. The number of benzene rings is 1. The van der Waals surface area contributed by atoms with Crippen molar-refractivity contribution in [1.29, 1.82) is 0 Å². The zero-order valence-electron chi connectivity index (χ0n) is 9.18. The maximum absolute atomic E-state index is 11.6. The molecule has 2 rings (SSSR count). The fourth-order valence-corrected chi connectivity index (χ4v) is 1.86. The Morgan fingerprint density at radius 2 is 2.11 bits per heavy atom. The topological polar surface area (TPSA) is 101 Å². The van der Waals surface area contributed by atoms with Crippen molar-refractivity contribution in [3.8, 4) is 0 Å². The molecule has 0 aliphatic heterocycles. The number of carboxylic acids is 1. The van der Waals surface area contributed by atoms with E-state index in [2.05, 4.69) is 4.98 Å². The summed E-state index contributed by atoms with van der Waals surface area (Å²) >= 11 is 5.96. The van der Waals surface area contributed by atoms with Crippen molar-refractivity contribution < 1.29 is 9.90 Å². The van der Waals surface area contributed by atoms with Crippen LogP contribution in [0, 0.1) is 0 Å². The maximum Gasteiger partial charge on any atom is 0.356 e. The maximum atomic E-state index is 11.6. The molecule has 2 aromatic rings. The van der Waals surface area contributed by atoms with E-state index in [0.717, 1.165) is 4.57 Å². The van der Waals surface area contributed by atoms with E-state index in [0.29, 0.717) is 10.6 Å². The number of nitrogen functional groups attached to an aromatic ring is 1. The van der Waals surface area contributed by atoms with Crippen LogP contribution in [0.15, 0.2) is 29.1 Å². The summed E-state index contributed by atoms with van der Waals surface area (Å²) in [4.78, 5) is 24.9. The minimum absolute atomic E-state index is 0.0494. The van der Waals surface area contributed by atoms with Gasteiger partial charge in [0.25, 0.3) is 0 Å². The lowest BCUT2D eigenvalue weighted by Crippen LogP contribution is -2.21. The molecule has 1 aromatic heterocycles. The molecule has 0 amide bonds. The second-order valence-electron chi connectivity index (χ2n) is 3.68. The molecular formula is C11H10ClN3O3. The van der Waals surface area contributed by atoms with Gasteiger partial charge in [-0.15, -0.1) is 0 Å². The first-order valence-corrected chi connectivity index (χ1v) is 5.43. The third-order valence-electron chi connectivity index (χ3n) is 2.50. The van der Waals surface area contributed by atoms with E-state index in [4.69, 9.17) is 22.4 Å². The third-order valence-corrected chi connectivity index (χ3v) is 2.87. The van der Waals surface area contributed by atoms with Crippen molar-refractivity contribution in [2.75, 3.05) is 5.73 Å². The molecule has 0 fully saturated rings. The minimum atomic E-state index is -1.27. The highest BCUT2D eigenvalue weighted by molar-refractivity contribution is 6.31. The van der Waals surface area contributed by atoms with Gasteiger partial charge in [0.1, 0.15) is 5.82 Å². The van der Waals surface area contributed by atoms with Crippen LogP contribution in [-0.2, 0) is 6.54 Å². The van der Waals surface area contributed by atoms with Gasteiger partial charge in [0, 0.05) is 5.02 Å². The Hall–Kier alpha value is -2.21. The number of hydrogen-bond acceptors (Lipinski definition) is 3. The molecule has 0 unspecified atom stereocenters. The zero-order chi connectivity index (χ0) is 13.3. The highest BCUT2D eigenvalue weighted by atomic mass is 35.5. The summed E-state index contributed by atoms with van der Waals surface area (Å²) in [5, 5.41) is 9.47. The molecule has 0 saturated heterocycles. The van der Waals surface area contributed by atoms with Gasteiger partial charge in [-0.3, -0.25) is 9.55 Å². The summed E-state index contributed by atoms with van der Waals surface area (Å²) in [5.74, 6) is -1.43. The van der Waals surface area contributed by atoms with E-state index in [1.54, 1.807) is 24.3 Å². The Kier molecular flexibility index (Phi) is 3.12. The SMILES string of the molecule is Nc1[nH]c(=O)n(Cc2ccccc2Cl)c1C(=O)O. The lowest BCUT2D eigenvalue weighted by atomic mass is 10.2. The van der Waals surface area contributed by atoms with Crippen molar-refractivity contribution in [1.82, 2.24) is 9.55 Å². The van der Waals surface area contributed by atoms with Crippen molar-refractivity contribution in [3.63, 3.8) is 0 Å². The van der Waals surface area contributed by atoms with E-state index in [-0.39, 0.29) is 18.1 Å². The molecule has 94 valence electrons. The Morgan fingerprint density at radius 1 is 1.44 bits per heavy atom. The molecule has 18 heavy (non-hydrogen) atoms. The van der Waals surface area contributed by atoms with Gasteiger partial charge in [-0.2, -0.15) is 0 Å². The molecule has 0 radical (unpaired) electrons. The number of anilines is 1. The molecule has 6 nitrogen and oxygen atoms in total. The van der Waals surface area contributed by atoms with Gasteiger partial charge in [0.05, 0.1) is 6.54 Å². The summed E-state index contributed by atoms with van der Waals surface area (Å²) in [5.41, 5.74) is 5.24. The first-order chi connectivity index (χ1) is 8.50. The number of nitrogens with zero attached hydrogens (tertiary/aromatic N) is 1. The molecule has 0 atom stereocenters. The monoisotopic (exact) mass is 267 g/mol. The van der Waals surface area contributed by atoms with Crippen molar-refractivity contribution >= 4 is 23.4 Å². The van der Waals surface area contributed by atoms with Gasteiger partial charge in [-0.1, -0.05) is 29.8 Å². The van der Waals surface area contributed by atoms with Crippen LogP contribution in [0.2, 0.25) is 5.02 Å². The Labute approximate surface area is 107 Å². The summed E-state index contributed by atoms with van der Waals surface area (Å²) in [6, 6.07) is 6.88. The van der Waals surface area contributed by atoms with Crippen molar-refractivity contribution in [3.05, 3.63) is 51.0 Å². The summed E-state index contributed by atoms with van der Waals surface area (Å²) in [7, 11) is 0. The normalized spacial score (nSPS) is 10.5. The van der Waals surface area contributed by atoms with Gasteiger partial charge < -0.3 is 10.8 Å². The number of carboxylic acid groups (broad SMARTS) is 1. The third kappa shape index (κ3) is 2.10. The van der Waals surface area contributed by atoms with Crippen molar-refractivity contribution in [2.24, 2.45) is 0 Å². The number of nitrogens with one attached hydrogen (secondary N) is 1. The van der Waals surface area contributed by atoms with Gasteiger partial charge >= 0.3 is 11.7 Å². The molecule has 0 aliphatic rings. The number of nitrogens with two attached hydrogens (primary N) is 1. The number of aromatic amines is 1. The number of hydrogen-bond donors (Lipinski definition) is 3. The van der Waals surface area contributed by atoms with Crippen LogP contribution in [-0.4, -0.2) is 20.6 Å². The first kappa shape index (κ1) is 12.3. The van der Waals surface area contributed by atoms with Gasteiger partial charge in [0.15, 0.2) is 5.69 Å². The standard InChI is InChI=1S/C11H10ClN3O3/c12-7-4-2-1-3-6(7)5-15-8(10(16)17)9(13)14-11(15)18/h1-4H,5,13H2,(H,14,18)(H,16,17). The molecule has 0 bridgehead atoms. The van der Waals surface area contributed by atoms with Gasteiger partial charge in [0.2, 0.25) is 0 Å². The molecule has 4 N–H and O–H groups in total. The lowest BCUT2D eigenvalue weighted by Gasteiger charge is -2.06. The second kappa shape index (κ2) is 4.58. The number of aromatic carboxylic acids is 1. The van der Waals surface area contributed by atoms with E-state index in [1.165, 1.54) is 0 Å². The van der Waals surface area contributed by atoms with Crippen LogP contribution >= 0.6 is 11.6 Å². The zero-order valence-corrected chi connectivity index (χ0v) is 9.94. The predicted molar refractivity (Wildman–Crippen MR) is 67.0 cm³/mol. The van der Waals surface area contributed by atoms with Crippen LogP contribution in [0.5, 0.6) is 0 Å². The van der Waals surface area contributed by atoms with Crippen LogP contribution in [0.25, 0.3) is 0 Å². The molecule has 0 saturated carbocycles. The molecule has 7 heteroatoms. The van der Waals surface area contributed by atoms with Gasteiger partial charge in [-0.25, -0.2) is 9.59 Å². The molecule has 0 aliphatic carbocycles.